The van der Waals surface area contributed by atoms with E-state index in [2.05, 4.69) is 67.8 Å². The molecule has 0 aliphatic rings. The lowest BCUT2D eigenvalue weighted by molar-refractivity contribution is -0.136. The third-order valence-electron chi connectivity index (χ3n) is 14.1. The van der Waals surface area contributed by atoms with Gasteiger partial charge in [0.15, 0.2) is 11.9 Å². The summed E-state index contributed by atoms with van der Waals surface area (Å²) in [7, 11) is 0. The van der Waals surface area contributed by atoms with Gasteiger partial charge in [-0.1, -0.05) is 50.2 Å². The second-order valence-corrected chi connectivity index (χ2v) is 22.5. The van der Waals surface area contributed by atoms with E-state index in [1.54, 1.807) is 13.8 Å². The highest BCUT2D eigenvalue weighted by atomic mass is 16.3. The number of carbonyl (C=O) groups is 10. The monoisotopic (exact) mass is 1300 g/mol. The predicted octanol–water partition coefficient (Wildman–Crippen LogP) is -4.84. The number of hydrogen-bond acceptors (Lipinski definition) is 18. The smallest absolute Gasteiger partial charge is 0.245 e. The van der Waals surface area contributed by atoms with Gasteiger partial charge in [0.05, 0.1) is 19.0 Å². The van der Waals surface area contributed by atoms with E-state index >= 15 is 0 Å². The first-order chi connectivity index (χ1) is 44.0. The van der Waals surface area contributed by atoms with E-state index in [0.29, 0.717) is 22.4 Å². The van der Waals surface area contributed by atoms with Gasteiger partial charge in [0.2, 0.25) is 59.1 Å². The third-order valence-corrected chi connectivity index (χ3v) is 14.1. The number of rotatable bonds is 38. The van der Waals surface area contributed by atoms with Gasteiger partial charge in [-0.05, 0) is 105 Å². The van der Waals surface area contributed by atoms with Crippen molar-refractivity contribution >= 4 is 71.0 Å². The first kappa shape index (κ1) is 74.9. The molecule has 506 valence electrons. The molecule has 10 amide bonds. The molecule has 1 heterocycles. The number of carbonyl (C=O) groups excluding carboxylic acids is 10. The summed E-state index contributed by atoms with van der Waals surface area (Å²) in [4.78, 5) is 154. The summed E-state index contributed by atoms with van der Waals surface area (Å²) in [5, 5.41) is 63.4. The van der Waals surface area contributed by atoms with Crippen molar-refractivity contribution in [3.05, 3.63) is 108 Å². The fraction of sp³-hybridized carbons (Fsp3) is 0.450. The number of aromatic nitrogens is 2. The van der Waals surface area contributed by atoms with Crippen molar-refractivity contribution in [3.8, 4) is 17.2 Å². The van der Waals surface area contributed by atoms with Gasteiger partial charge < -0.3 is 108 Å². The highest BCUT2D eigenvalue weighted by molar-refractivity contribution is 5.99. The van der Waals surface area contributed by atoms with Crippen LogP contribution in [0.15, 0.2) is 95.3 Å². The maximum atomic E-state index is 14.5. The van der Waals surface area contributed by atoms with Crippen molar-refractivity contribution in [3.63, 3.8) is 0 Å². The molecular formula is C60H87N19O14. The number of imidazole rings is 1. The summed E-state index contributed by atoms with van der Waals surface area (Å²) in [5.41, 5.74) is 35.2. The molecular weight excluding hydrogens is 1210 g/mol. The van der Waals surface area contributed by atoms with Crippen LogP contribution in [0.4, 0.5) is 0 Å². The molecule has 4 rings (SSSR count). The molecule has 4 aromatic rings. The van der Waals surface area contributed by atoms with Gasteiger partial charge in [0.1, 0.15) is 71.6 Å². The van der Waals surface area contributed by atoms with Crippen molar-refractivity contribution in [2.24, 2.45) is 50.3 Å². The summed E-state index contributed by atoms with van der Waals surface area (Å²) in [6, 6.07) is 2.93. The summed E-state index contributed by atoms with van der Waals surface area (Å²) in [6.45, 7) is 5.18. The number of aliphatic hydroxyl groups excluding tert-OH is 1. The molecule has 0 aliphatic carbocycles. The Kier molecular flexibility index (Phi) is 30.2. The average molecular weight is 1300 g/mol. The fourth-order valence-corrected chi connectivity index (χ4v) is 9.13. The van der Waals surface area contributed by atoms with Crippen LogP contribution in [0.2, 0.25) is 0 Å². The molecule has 93 heavy (non-hydrogen) atoms. The molecule has 0 radical (unpaired) electrons. The number of aliphatic imine (C=N–C) groups is 2. The number of hydrogen-bond donors (Lipinski definition) is 20. The van der Waals surface area contributed by atoms with Crippen molar-refractivity contribution in [1.29, 1.82) is 0 Å². The van der Waals surface area contributed by atoms with Gasteiger partial charge in [-0.15, -0.1) is 0 Å². The number of guanidine groups is 2. The lowest BCUT2D eigenvalue weighted by atomic mass is 10.0. The first-order valence-corrected chi connectivity index (χ1v) is 29.8. The highest BCUT2D eigenvalue weighted by Gasteiger charge is 2.36. The number of aliphatic hydroxyl groups is 1. The summed E-state index contributed by atoms with van der Waals surface area (Å²) < 4.78 is 0. The number of phenols is 3. The van der Waals surface area contributed by atoms with Gasteiger partial charge in [0, 0.05) is 50.7 Å². The molecule has 0 saturated carbocycles. The van der Waals surface area contributed by atoms with E-state index in [4.69, 9.17) is 34.4 Å². The Morgan fingerprint density at radius 1 is 0.452 bits per heavy atom. The number of aromatic hydroxyl groups is 3. The first-order valence-electron chi connectivity index (χ1n) is 29.8. The number of phenolic OH excluding ortho intramolecular Hbond substituents is 3. The van der Waals surface area contributed by atoms with Gasteiger partial charge in [-0.25, -0.2) is 4.98 Å². The van der Waals surface area contributed by atoms with Crippen molar-refractivity contribution in [1.82, 2.24) is 57.8 Å². The zero-order chi connectivity index (χ0) is 68.9. The van der Waals surface area contributed by atoms with Crippen molar-refractivity contribution in [2.75, 3.05) is 19.7 Å². The van der Waals surface area contributed by atoms with Crippen LogP contribution in [0, 0.1) is 5.92 Å². The van der Waals surface area contributed by atoms with Crippen molar-refractivity contribution < 1.29 is 68.4 Å². The number of benzene rings is 3. The van der Waals surface area contributed by atoms with Gasteiger partial charge in [-0.2, -0.15) is 0 Å². The minimum atomic E-state index is -1.79. The normalized spacial score (nSPS) is 14.2. The molecule has 3 aromatic carbocycles. The molecule has 0 bridgehead atoms. The van der Waals surface area contributed by atoms with E-state index < -0.39 is 126 Å². The molecule has 33 heteroatoms. The van der Waals surface area contributed by atoms with Crippen LogP contribution >= 0.6 is 0 Å². The second-order valence-electron chi connectivity index (χ2n) is 22.5. The molecule has 0 spiro atoms. The van der Waals surface area contributed by atoms with E-state index in [1.807, 2.05) is 0 Å². The zero-order valence-electron chi connectivity index (χ0n) is 52.1. The number of amides is 10. The van der Waals surface area contributed by atoms with Crippen LogP contribution in [0.25, 0.3) is 0 Å². The Balaban J connectivity index is 1.55. The molecule has 1 aromatic heterocycles. The Bertz CT molecular complexity index is 3200. The number of primary amides is 1. The van der Waals surface area contributed by atoms with E-state index in [0.717, 1.165) is 0 Å². The minimum absolute atomic E-state index is 0.0103. The second kappa shape index (κ2) is 37.6. The topological polar surface area (TPSA) is 569 Å². The SMILES string of the molecule is CC(C)C[C@H](NC(=O)[C@H](C)NC(=O)[C@H](CO)NC(=O)[C@H](Cc1ccc(O)cc1)NC(=O)[C@H](Cc1ccc(O)cc1)NC(=O)[C@H](CCCN=C(N)N)NC(=O)[C@H](C)N)C(=O)N[C@@H](CCCN=C(N)N)C(=O)N[C@@H](Cc1cnc[nH]1)C(=O)N[C@@H](Cc1ccc(O)cc1)C(N)=O. The number of nitrogens with zero attached hydrogens (tertiary/aromatic N) is 3. The number of aromatic amines is 1. The van der Waals surface area contributed by atoms with Gasteiger partial charge in [-0.3, -0.25) is 57.9 Å². The maximum Gasteiger partial charge on any atom is 0.245 e. The summed E-state index contributed by atoms with van der Waals surface area (Å²) >= 11 is 0. The van der Waals surface area contributed by atoms with Gasteiger partial charge in [0.25, 0.3) is 0 Å². The lowest BCUT2D eigenvalue weighted by Crippen LogP contribution is -2.61. The molecule has 0 aliphatic heterocycles. The number of H-pyrrole nitrogens is 1. The van der Waals surface area contributed by atoms with E-state index in [1.165, 1.54) is 99.2 Å². The Hall–Kier alpha value is -10.6. The molecule has 33 nitrogen and oxygen atoms in total. The Labute approximate surface area is 536 Å². The van der Waals surface area contributed by atoms with Crippen molar-refractivity contribution in [2.45, 2.75) is 146 Å². The molecule has 26 N–H and O–H groups in total. The Morgan fingerprint density at radius 3 is 1.17 bits per heavy atom. The molecule has 0 fully saturated rings. The molecule has 0 saturated heterocycles. The van der Waals surface area contributed by atoms with E-state index in [-0.39, 0.29) is 106 Å². The van der Waals surface area contributed by atoms with Crippen LogP contribution in [0.3, 0.4) is 0 Å². The minimum Gasteiger partial charge on any atom is -0.508 e. The van der Waals surface area contributed by atoms with E-state index in [9.17, 15) is 68.4 Å². The predicted molar refractivity (Wildman–Crippen MR) is 340 cm³/mol. The van der Waals surface area contributed by atoms with Crippen LogP contribution in [-0.2, 0) is 73.6 Å². The summed E-state index contributed by atoms with van der Waals surface area (Å²) in [5.74, 6) is -10.0. The largest absolute Gasteiger partial charge is 0.508 e. The zero-order valence-corrected chi connectivity index (χ0v) is 52.1. The maximum absolute atomic E-state index is 14.5. The summed E-state index contributed by atoms with van der Waals surface area (Å²) in [6.07, 6.45) is 2.13. The third kappa shape index (κ3) is 26.8. The molecule has 10 atom stereocenters. The number of nitrogens with one attached hydrogen (secondary N) is 10. The highest BCUT2D eigenvalue weighted by Crippen LogP contribution is 2.17. The van der Waals surface area contributed by atoms with Crippen LogP contribution in [-0.4, -0.2) is 181 Å². The standard InChI is InChI=1S/C60H87N19O14/c1-31(2)23-44(54(89)73-42(8-6-22-69-60(65)66)53(88)78-47(27-37-28-67-30-70-37)57(92)74-43(49(62)84)24-34-9-15-38(81)16-10-34)75-51(86)33(4)71-58(93)48(29-80)79-56(91)46(26-36-13-19-40(83)20-14-36)77-55(90)45(25-35-11-17-39(82)18-12-35)76-52(87)41(72-50(85)32(3)61)7-5-21-68-59(63)64/h9-20,28,30-33,41-48,80-83H,5-8,21-27,29,61H2,1-4H3,(H2,62,84)(H,67,70)(H,71,93)(H,72,85)(H,73,89)(H,74,92)(H,75,86)(H,76,87)(H,77,90)(H,78,88)(H,79,91)(H4,63,64,68)(H4,65,66,69)/t32-,33-,41-,42-,43-,44-,45-,46-,47-,48-/m0/s1. The Morgan fingerprint density at radius 2 is 0.796 bits per heavy atom. The average Bonchev–Trinajstić information content (AvgIpc) is 2.02. The van der Waals surface area contributed by atoms with Crippen LogP contribution in [0.1, 0.15) is 82.2 Å². The number of nitrogens with two attached hydrogens (primary N) is 6. The fourth-order valence-electron chi connectivity index (χ4n) is 9.13. The lowest BCUT2D eigenvalue weighted by Gasteiger charge is -2.28. The molecule has 0 unspecified atom stereocenters. The van der Waals surface area contributed by atoms with Crippen LogP contribution in [0.5, 0.6) is 17.2 Å². The van der Waals surface area contributed by atoms with Crippen LogP contribution < -0.4 is 82.3 Å². The quantitative estimate of drug-likeness (QED) is 0.0114. The van der Waals surface area contributed by atoms with Gasteiger partial charge >= 0.3 is 0 Å².